The summed E-state index contributed by atoms with van der Waals surface area (Å²) >= 11 is 0. The van der Waals surface area contributed by atoms with Crippen LogP contribution in [0.3, 0.4) is 0 Å². The number of aryl methyl sites for hydroxylation is 1. The molecule has 1 heterocycles. The number of carbonyl (C=O) groups excluding carboxylic acids is 5. The molecule has 0 bridgehead atoms. The number of ether oxygens (including phenoxy) is 1. The van der Waals surface area contributed by atoms with Gasteiger partial charge in [0, 0.05) is 31.0 Å². The molecule has 3 aromatic carbocycles. The summed E-state index contributed by atoms with van der Waals surface area (Å²) in [6.07, 6.45) is 2.43. The molecule has 262 valence electrons. The number of rotatable bonds is 16. The summed E-state index contributed by atoms with van der Waals surface area (Å²) in [6, 6.07) is 17.2. The highest BCUT2D eigenvalue weighted by atomic mass is 19.1. The molecule has 0 fully saturated rings. The van der Waals surface area contributed by atoms with E-state index in [1.54, 1.807) is 20.8 Å². The number of hydrogen-bond donors (Lipinski definition) is 4. The first-order valence-corrected chi connectivity index (χ1v) is 16.1. The van der Waals surface area contributed by atoms with Gasteiger partial charge in [-0.1, -0.05) is 73.6 Å². The molecule has 0 unspecified atom stereocenters. The molecule has 0 aliphatic carbocycles. The number of hydrogen-bond acceptors (Lipinski definition) is 8. The van der Waals surface area contributed by atoms with Crippen molar-refractivity contribution in [2.45, 2.75) is 64.8 Å². The molecule has 4 rings (SSSR count). The molecular formula is C37H40FN5O7. The van der Waals surface area contributed by atoms with Crippen LogP contribution in [0.2, 0.25) is 0 Å². The fourth-order valence-electron chi connectivity index (χ4n) is 5.07. The van der Waals surface area contributed by atoms with E-state index in [2.05, 4.69) is 21.1 Å². The molecule has 0 aliphatic heterocycles. The molecular weight excluding hydrogens is 645 g/mol. The maximum Gasteiger partial charge on any atom is 0.330 e. The fraction of sp³-hybridized carbons (Fsp3) is 0.297. The third kappa shape index (κ3) is 11.1. The van der Waals surface area contributed by atoms with Crippen LogP contribution in [-0.2, 0) is 36.9 Å². The molecule has 1 aromatic heterocycles. The molecule has 0 saturated carbocycles. The molecule has 5 N–H and O–H groups in total. The Balaban J connectivity index is 1.47. The summed E-state index contributed by atoms with van der Waals surface area (Å²) in [4.78, 5) is 64.3. The van der Waals surface area contributed by atoms with E-state index in [1.165, 1.54) is 36.4 Å². The first kappa shape index (κ1) is 37.0. The molecule has 50 heavy (non-hydrogen) atoms. The second-order valence-electron chi connectivity index (χ2n) is 12.2. The zero-order valence-electron chi connectivity index (χ0n) is 28.0. The summed E-state index contributed by atoms with van der Waals surface area (Å²) in [7, 11) is 0. The number of amides is 4. The monoisotopic (exact) mass is 685 g/mol. The van der Waals surface area contributed by atoms with Gasteiger partial charge in [-0.05, 0) is 59.4 Å². The SMILES string of the molecule is Cc1cc(C(=O)N[C@H](C(=O)N[C@@H](Cc2ccc(F)cc2)C(=O)N[C@@H](/C=C/C(=O)OCc2ccc3ccccc3c2)CCC(N)=O)C(C)C)no1. The van der Waals surface area contributed by atoms with Gasteiger partial charge in [0.15, 0.2) is 5.69 Å². The quantitative estimate of drug-likeness (QED) is 0.101. The minimum Gasteiger partial charge on any atom is -0.458 e. The van der Waals surface area contributed by atoms with Crippen molar-refractivity contribution in [2.24, 2.45) is 11.7 Å². The summed E-state index contributed by atoms with van der Waals surface area (Å²) in [5.74, 6) is -3.71. The molecule has 0 aliphatic rings. The van der Waals surface area contributed by atoms with Crippen molar-refractivity contribution in [1.82, 2.24) is 21.1 Å². The van der Waals surface area contributed by atoms with E-state index < -0.39 is 59.5 Å². The highest BCUT2D eigenvalue weighted by Crippen LogP contribution is 2.16. The zero-order valence-corrected chi connectivity index (χ0v) is 28.0. The topological polar surface area (TPSA) is 183 Å². The molecule has 0 spiro atoms. The van der Waals surface area contributed by atoms with Crippen molar-refractivity contribution in [2.75, 3.05) is 0 Å². The lowest BCUT2D eigenvalue weighted by molar-refractivity contribution is -0.139. The largest absolute Gasteiger partial charge is 0.458 e. The average Bonchev–Trinajstić information content (AvgIpc) is 3.53. The van der Waals surface area contributed by atoms with Crippen molar-refractivity contribution in [3.63, 3.8) is 0 Å². The summed E-state index contributed by atoms with van der Waals surface area (Å²) in [5.41, 5.74) is 6.68. The van der Waals surface area contributed by atoms with Crippen LogP contribution in [0.25, 0.3) is 10.8 Å². The Kier molecular flexibility index (Phi) is 13.0. The highest BCUT2D eigenvalue weighted by Gasteiger charge is 2.30. The average molecular weight is 686 g/mol. The number of primary amides is 1. The van der Waals surface area contributed by atoms with Crippen molar-refractivity contribution in [3.8, 4) is 0 Å². The van der Waals surface area contributed by atoms with E-state index in [9.17, 15) is 28.4 Å². The van der Waals surface area contributed by atoms with Gasteiger partial charge in [-0.2, -0.15) is 0 Å². The summed E-state index contributed by atoms with van der Waals surface area (Å²) in [6.45, 7) is 5.08. The maximum atomic E-state index is 13.7. The van der Waals surface area contributed by atoms with Crippen LogP contribution < -0.4 is 21.7 Å². The van der Waals surface area contributed by atoms with Crippen molar-refractivity contribution in [3.05, 3.63) is 113 Å². The number of aromatic nitrogens is 1. The van der Waals surface area contributed by atoms with Gasteiger partial charge in [-0.25, -0.2) is 9.18 Å². The van der Waals surface area contributed by atoms with Crippen molar-refractivity contribution >= 4 is 40.4 Å². The van der Waals surface area contributed by atoms with Crippen LogP contribution in [0.1, 0.15) is 54.1 Å². The zero-order chi connectivity index (χ0) is 36.2. The lowest BCUT2D eigenvalue weighted by atomic mass is 10.00. The van der Waals surface area contributed by atoms with E-state index in [4.69, 9.17) is 15.0 Å². The number of carbonyl (C=O) groups is 5. The van der Waals surface area contributed by atoms with Crippen LogP contribution in [0, 0.1) is 18.7 Å². The Labute approximate surface area is 288 Å². The second kappa shape index (κ2) is 17.5. The van der Waals surface area contributed by atoms with Crippen LogP contribution in [-0.4, -0.2) is 52.9 Å². The third-order valence-corrected chi connectivity index (χ3v) is 7.77. The van der Waals surface area contributed by atoms with Gasteiger partial charge in [-0.15, -0.1) is 0 Å². The first-order valence-electron chi connectivity index (χ1n) is 16.1. The van der Waals surface area contributed by atoms with E-state index >= 15 is 0 Å². The van der Waals surface area contributed by atoms with E-state index in [1.807, 2.05) is 42.5 Å². The van der Waals surface area contributed by atoms with E-state index in [0.717, 1.165) is 22.4 Å². The Morgan fingerprint density at radius 3 is 2.26 bits per heavy atom. The Bertz CT molecular complexity index is 1850. The van der Waals surface area contributed by atoms with Crippen LogP contribution in [0.4, 0.5) is 4.39 Å². The van der Waals surface area contributed by atoms with Crippen molar-refractivity contribution in [1.29, 1.82) is 0 Å². The Morgan fingerprint density at radius 2 is 1.60 bits per heavy atom. The number of nitrogens with zero attached hydrogens (tertiary/aromatic N) is 1. The Hall–Kier alpha value is -5.85. The first-order chi connectivity index (χ1) is 23.9. The molecule has 4 amide bonds. The number of nitrogens with one attached hydrogen (secondary N) is 3. The van der Waals surface area contributed by atoms with Gasteiger partial charge in [0.25, 0.3) is 5.91 Å². The number of fused-ring (bicyclic) bond motifs is 1. The van der Waals surface area contributed by atoms with Gasteiger partial charge in [0.05, 0.1) is 0 Å². The Morgan fingerprint density at radius 1 is 0.900 bits per heavy atom. The van der Waals surface area contributed by atoms with E-state index in [0.29, 0.717) is 11.3 Å². The molecule has 12 nitrogen and oxygen atoms in total. The lowest BCUT2D eigenvalue weighted by Crippen LogP contribution is -2.56. The lowest BCUT2D eigenvalue weighted by Gasteiger charge is -2.26. The van der Waals surface area contributed by atoms with Gasteiger partial charge < -0.3 is 30.9 Å². The summed E-state index contributed by atoms with van der Waals surface area (Å²) in [5, 5.41) is 13.8. The number of esters is 1. The normalized spacial score (nSPS) is 13.1. The predicted molar refractivity (Wildman–Crippen MR) is 183 cm³/mol. The molecule has 0 radical (unpaired) electrons. The smallest absolute Gasteiger partial charge is 0.330 e. The van der Waals surface area contributed by atoms with Crippen molar-refractivity contribution < 1.29 is 37.6 Å². The molecule has 3 atom stereocenters. The summed E-state index contributed by atoms with van der Waals surface area (Å²) < 4.78 is 24.0. The van der Waals surface area contributed by atoms with Crippen LogP contribution >= 0.6 is 0 Å². The third-order valence-electron chi connectivity index (χ3n) is 7.77. The minimum atomic E-state index is -1.20. The maximum absolute atomic E-state index is 13.7. The second-order valence-corrected chi connectivity index (χ2v) is 12.2. The standard InChI is InChI=1S/C37H40FN5O7/c1-22(2)34(42-36(47)31-18-23(3)50-43-31)37(48)41-30(20-24-9-12-28(38)13-10-24)35(46)40-29(14-16-32(39)44)15-17-33(45)49-21-25-8-11-26-6-4-5-7-27(26)19-25/h4-13,15,17-19,22,29-30,34H,14,16,20-21H2,1-3H3,(H2,39,44)(H,40,46)(H,41,48)(H,42,47)/b17-15+/t29-,30+,34+/m1/s1. The number of halogens is 1. The van der Waals surface area contributed by atoms with E-state index in [-0.39, 0.29) is 31.6 Å². The minimum absolute atomic E-state index is 0.0126. The molecule has 4 aromatic rings. The number of benzene rings is 3. The number of nitrogens with two attached hydrogens (primary N) is 1. The van der Waals surface area contributed by atoms with Gasteiger partial charge in [0.1, 0.15) is 30.3 Å². The van der Waals surface area contributed by atoms with Gasteiger partial charge in [-0.3, -0.25) is 19.2 Å². The predicted octanol–water partition coefficient (Wildman–Crippen LogP) is 3.81. The highest BCUT2D eigenvalue weighted by molar-refractivity contribution is 5.97. The van der Waals surface area contributed by atoms with Crippen LogP contribution in [0.15, 0.2) is 89.5 Å². The fourth-order valence-corrected chi connectivity index (χ4v) is 5.07. The molecule has 13 heteroatoms. The van der Waals surface area contributed by atoms with Crippen LogP contribution in [0.5, 0.6) is 0 Å². The van der Waals surface area contributed by atoms with Gasteiger partial charge >= 0.3 is 5.97 Å². The van der Waals surface area contributed by atoms with Gasteiger partial charge in [0.2, 0.25) is 17.7 Å². The molecule has 0 saturated heterocycles.